The molecule has 2 aromatic carbocycles. The van der Waals surface area contributed by atoms with E-state index in [9.17, 15) is 9.59 Å². The van der Waals surface area contributed by atoms with Crippen LogP contribution in [0.1, 0.15) is 22.8 Å². The first kappa shape index (κ1) is 16.5. The number of ether oxygens (including phenoxy) is 1. The highest BCUT2D eigenvalue weighted by Gasteiger charge is 2.15. The topological polar surface area (TPSA) is 67.4 Å². The molecule has 23 heavy (non-hydrogen) atoms. The largest absolute Gasteiger partial charge is 0.481 e. The van der Waals surface area contributed by atoms with Gasteiger partial charge in [-0.25, -0.2) is 0 Å². The van der Waals surface area contributed by atoms with Crippen molar-refractivity contribution in [1.29, 1.82) is 0 Å². The van der Waals surface area contributed by atoms with E-state index in [1.54, 1.807) is 38.2 Å². The lowest BCUT2D eigenvalue weighted by Gasteiger charge is -2.15. The van der Waals surface area contributed by atoms with Crippen molar-refractivity contribution < 1.29 is 14.3 Å². The maximum absolute atomic E-state index is 12.2. The molecule has 2 rings (SSSR count). The number of carbonyl (C=O) groups excluding carboxylic acids is 2. The Labute approximate surface area is 135 Å². The van der Waals surface area contributed by atoms with E-state index in [1.807, 2.05) is 31.2 Å². The minimum Gasteiger partial charge on any atom is -0.481 e. The zero-order valence-corrected chi connectivity index (χ0v) is 13.4. The summed E-state index contributed by atoms with van der Waals surface area (Å²) in [7, 11) is 1.57. The van der Waals surface area contributed by atoms with E-state index >= 15 is 0 Å². The Kier molecular flexibility index (Phi) is 5.36. The van der Waals surface area contributed by atoms with E-state index in [2.05, 4.69) is 10.6 Å². The Morgan fingerprint density at radius 2 is 1.78 bits per heavy atom. The lowest BCUT2D eigenvalue weighted by Crippen LogP contribution is -2.30. The van der Waals surface area contributed by atoms with Crippen LogP contribution < -0.4 is 15.4 Å². The standard InChI is InChI=1S/C18H20N2O3/c1-12-5-4-6-16(11-12)23-13(2)17(21)20-15-9-7-14(8-10-15)18(22)19-3/h4-11,13H,1-3H3,(H,19,22)(H,20,21). The molecular formula is C18H20N2O3. The normalized spacial score (nSPS) is 11.4. The number of anilines is 1. The van der Waals surface area contributed by atoms with E-state index in [-0.39, 0.29) is 11.8 Å². The Morgan fingerprint density at radius 3 is 2.39 bits per heavy atom. The number of amides is 2. The summed E-state index contributed by atoms with van der Waals surface area (Å²) < 4.78 is 5.63. The monoisotopic (exact) mass is 312 g/mol. The molecule has 0 radical (unpaired) electrons. The fourth-order valence-corrected chi connectivity index (χ4v) is 2.04. The number of hydrogen-bond donors (Lipinski definition) is 2. The number of nitrogens with one attached hydrogen (secondary N) is 2. The average Bonchev–Trinajstić information content (AvgIpc) is 2.54. The number of hydrogen-bond acceptors (Lipinski definition) is 3. The number of benzene rings is 2. The Balaban J connectivity index is 1.96. The maximum atomic E-state index is 12.2. The molecule has 0 saturated carbocycles. The second kappa shape index (κ2) is 7.45. The van der Waals surface area contributed by atoms with Crippen LogP contribution in [0.25, 0.3) is 0 Å². The van der Waals surface area contributed by atoms with Crippen molar-refractivity contribution in [3.05, 3.63) is 59.7 Å². The molecule has 5 nitrogen and oxygen atoms in total. The van der Waals surface area contributed by atoms with E-state index in [0.29, 0.717) is 17.0 Å². The van der Waals surface area contributed by atoms with Crippen LogP contribution in [0.4, 0.5) is 5.69 Å². The molecular weight excluding hydrogens is 292 g/mol. The van der Waals surface area contributed by atoms with Crippen LogP contribution in [0.2, 0.25) is 0 Å². The van der Waals surface area contributed by atoms with Gasteiger partial charge in [0.1, 0.15) is 5.75 Å². The van der Waals surface area contributed by atoms with E-state index in [4.69, 9.17) is 4.74 Å². The van der Waals surface area contributed by atoms with Gasteiger partial charge in [-0.2, -0.15) is 0 Å². The van der Waals surface area contributed by atoms with Crippen molar-refractivity contribution in [1.82, 2.24) is 5.32 Å². The molecule has 0 aliphatic rings. The van der Waals surface area contributed by atoms with E-state index in [1.165, 1.54) is 0 Å². The second-order valence-corrected chi connectivity index (χ2v) is 5.22. The molecule has 0 aromatic heterocycles. The summed E-state index contributed by atoms with van der Waals surface area (Å²) in [4.78, 5) is 23.6. The molecule has 0 aliphatic carbocycles. The molecule has 0 aliphatic heterocycles. The van der Waals surface area contributed by atoms with Crippen LogP contribution in [0.15, 0.2) is 48.5 Å². The number of rotatable bonds is 5. The van der Waals surface area contributed by atoms with Crippen molar-refractivity contribution in [2.45, 2.75) is 20.0 Å². The maximum Gasteiger partial charge on any atom is 0.265 e. The minimum atomic E-state index is -0.629. The summed E-state index contributed by atoms with van der Waals surface area (Å²) in [6.45, 7) is 3.65. The zero-order valence-electron chi connectivity index (χ0n) is 13.4. The van der Waals surface area contributed by atoms with Crippen LogP contribution >= 0.6 is 0 Å². The summed E-state index contributed by atoms with van der Waals surface area (Å²) in [6.07, 6.45) is -0.629. The molecule has 2 amide bonds. The summed E-state index contributed by atoms with van der Waals surface area (Å²) in [5.41, 5.74) is 2.22. The summed E-state index contributed by atoms with van der Waals surface area (Å²) in [5, 5.41) is 5.31. The van der Waals surface area contributed by atoms with Crippen LogP contribution in [0.5, 0.6) is 5.75 Å². The van der Waals surface area contributed by atoms with Gasteiger partial charge in [-0.1, -0.05) is 12.1 Å². The van der Waals surface area contributed by atoms with Crippen molar-refractivity contribution in [2.24, 2.45) is 0 Å². The lowest BCUT2D eigenvalue weighted by atomic mass is 10.2. The third kappa shape index (κ3) is 4.57. The smallest absolute Gasteiger partial charge is 0.265 e. The van der Waals surface area contributed by atoms with Gasteiger partial charge < -0.3 is 15.4 Å². The first-order valence-corrected chi connectivity index (χ1v) is 7.36. The SMILES string of the molecule is CNC(=O)c1ccc(NC(=O)C(C)Oc2cccc(C)c2)cc1. The van der Waals surface area contributed by atoms with Gasteiger partial charge in [0.25, 0.3) is 11.8 Å². The molecule has 1 unspecified atom stereocenters. The Morgan fingerprint density at radius 1 is 1.09 bits per heavy atom. The summed E-state index contributed by atoms with van der Waals surface area (Å²) in [5.74, 6) is 0.237. The zero-order chi connectivity index (χ0) is 16.8. The minimum absolute atomic E-state index is 0.168. The Bertz CT molecular complexity index is 696. The van der Waals surface area contributed by atoms with Gasteiger partial charge in [0.15, 0.2) is 6.10 Å². The van der Waals surface area contributed by atoms with Crippen LogP contribution in [-0.2, 0) is 4.79 Å². The van der Waals surface area contributed by atoms with E-state index in [0.717, 1.165) is 5.56 Å². The molecule has 0 spiro atoms. The highest BCUT2D eigenvalue weighted by molar-refractivity contribution is 5.96. The van der Waals surface area contributed by atoms with Crippen molar-refractivity contribution in [3.8, 4) is 5.75 Å². The van der Waals surface area contributed by atoms with Crippen molar-refractivity contribution in [2.75, 3.05) is 12.4 Å². The molecule has 0 bridgehead atoms. The third-order valence-corrected chi connectivity index (χ3v) is 3.31. The van der Waals surface area contributed by atoms with Gasteiger partial charge in [-0.05, 0) is 55.8 Å². The highest BCUT2D eigenvalue weighted by Crippen LogP contribution is 2.15. The predicted molar refractivity (Wildman–Crippen MR) is 89.7 cm³/mol. The molecule has 1 atom stereocenters. The fraction of sp³-hybridized carbons (Fsp3) is 0.222. The first-order valence-electron chi connectivity index (χ1n) is 7.36. The molecule has 2 aromatic rings. The van der Waals surface area contributed by atoms with Crippen LogP contribution in [0.3, 0.4) is 0 Å². The molecule has 120 valence electrons. The van der Waals surface area contributed by atoms with Gasteiger partial charge in [0.2, 0.25) is 0 Å². The summed E-state index contributed by atoms with van der Waals surface area (Å²) in [6, 6.07) is 14.2. The first-order chi connectivity index (χ1) is 11.0. The molecule has 0 heterocycles. The predicted octanol–water partition coefficient (Wildman–Crippen LogP) is 2.76. The Hall–Kier alpha value is -2.82. The lowest BCUT2D eigenvalue weighted by molar-refractivity contribution is -0.122. The molecule has 0 fully saturated rings. The molecule has 5 heteroatoms. The third-order valence-electron chi connectivity index (χ3n) is 3.31. The highest BCUT2D eigenvalue weighted by atomic mass is 16.5. The quantitative estimate of drug-likeness (QED) is 0.892. The van der Waals surface area contributed by atoms with Gasteiger partial charge in [0.05, 0.1) is 0 Å². The average molecular weight is 312 g/mol. The van der Waals surface area contributed by atoms with Gasteiger partial charge in [-0.3, -0.25) is 9.59 Å². The molecule has 0 saturated heterocycles. The molecule has 2 N–H and O–H groups in total. The van der Waals surface area contributed by atoms with Crippen LogP contribution in [0, 0.1) is 6.92 Å². The second-order valence-electron chi connectivity index (χ2n) is 5.22. The van der Waals surface area contributed by atoms with Crippen molar-refractivity contribution >= 4 is 17.5 Å². The summed E-state index contributed by atoms with van der Waals surface area (Å²) >= 11 is 0. The number of aryl methyl sites for hydroxylation is 1. The number of carbonyl (C=O) groups is 2. The van der Waals surface area contributed by atoms with Gasteiger partial charge >= 0.3 is 0 Å². The van der Waals surface area contributed by atoms with Gasteiger partial charge in [-0.15, -0.1) is 0 Å². The van der Waals surface area contributed by atoms with Gasteiger partial charge in [0, 0.05) is 18.3 Å². The fourth-order valence-electron chi connectivity index (χ4n) is 2.04. The van der Waals surface area contributed by atoms with E-state index < -0.39 is 6.10 Å². The van der Waals surface area contributed by atoms with Crippen LogP contribution in [-0.4, -0.2) is 25.0 Å². The van der Waals surface area contributed by atoms with Crippen molar-refractivity contribution in [3.63, 3.8) is 0 Å².